The van der Waals surface area contributed by atoms with E-state index in [4.69, 9.17) is 4.98 Å². The molecule has 2 aromatic carbocycles. The van der Waals surface area contributed by atoms with E-state index in [0.717, 1.165) is 55.7 Å². The summed E-state index contributed by atoms with van der Waals surface area (Å²) in [6, 6.07) is 16.6. The molecule has 1 amide bonds. The number of amides is 1. The lowest BCUT2D eigenvalue weighted by Gasteiger charge is -2.09. The molecule has 0 spiro atoms. The van der Waals surface area contributed by atoms with Crippen LogP contribution < -0.4 is 5.32 Å². The molecule has 1 N–H and O–H groups in total. The monoisotopic (exact) mass is 347 g/mol. The van der Waals surface area contributed by atoms with Crippen LogP contribution in [0.4, 0.5) is 5.69 Å². The molecule has 0 atom stereocenters. The predicted molar refractivity (Wildman–Crippen MR) is 105 cm³/mol. The highest BCUT2D eigenvalue weighted by Crippen LogP contribution is 2.30. The molecule has 4 rings (SSSR count). The lowest BCUT2D eigenvalue weighted by atomic mass is 10.1. The van der Waals surface area contributed by atoms with Gasteiger partial charge in [0.2, 0.25) is 5.91 Å². The zero-order chi connectivity index (χ0) is 17.9. The van der Waals surface area contributed by atoms with E-state index in [9.17, 15) is 4.79 Å². The van der Waals surface area contributed by atoms with Crippen molar-refractivity contribution in [3.63, 3.8) is 0 Å². The second-order valence-corrected chi connectivity index (χ2v) is 7.13. The molecule has 1 aromatic heterocycles. The van der Waals surface area contributed by atoms with Crippen molar-refractivity contribution in [1.82, 2.24) is 9.55 Å². The van der Waals surface area contributed by atoms with E-state index in [1.54, 1.807) is 0 Å². The number of hydrogen-bond acceptors (Lipinski definition) is 2. The van der Waals surface area contributed by atoms with Crippen LogP contribution in [0.3, 0.4) is 0 Å². The number of nitrogens with one attached hydrogen (secondary N) is 1. The van der Waals surface area contributed by atoms with Crippen molar-refractivity contribution in [1.29, 1.82) is 0 Å². The maximum Gasteiger partial charge on any atom is 0.227 e. The summed E-state index contributed by atoms with van der Waals surface area (Å²) in [4.78, 5) is 16.7. The first-order chi connectivity index (χ1) is 12.7. The summed E-state index contributed by atoms with van der Waals surface area (Å²) in [6.45, 7) is 3.20. The largest absolute Gasteiger partial charge is 0.328 e. The molecule has 1 heterocycles. The Hall–Kier alpha value is -2.62. The van der Waals surface area contributed by atoms with Gasteiger partial charge >= 0.3 is 0 Å². The minimum Gasteiger partial charge on any atom is -0.328 e. The van der Waals surface area contributed by atoms with Crippen LogP contribution in [0.2, 0.25) is 0 Å². The summed E-state index contributed by atoms with van der Waals surface area (Å²) in [7, 11) is 0. The number of benzene rings is 2. The van der Waals surface area contributed by atoms with Crippen molar-refractivity contribution in [2.24, 2.45) is 5.92 Å². The second-order valence-electron chi connectivity index (χ2n) is 7.13. The normalized spacial score (nSPS) is 13.9. The van der Waals surface area contributed by atoms with Gasteiger partial charge in [-0.25, -0.2) is 4.98 Å². The van der Waals surface area contributed by atoms with Crippen molar-refractivity contribution in [2.45, 2.75) is 45.6 Å². The summed E-state index contributed by atoms with van der Waals surface area (Å²) in [5.41, 5.74) is 4.46. The van der Waals surface area contributed by atoms with Crippen LogP contribution in [0.15, 0.2) is 48.5 Å². The molecule has 4 heteroatoms. The molecule has 0 saturated heterocycles. The highest BCUT2D eigenvalue weighted by Gasteiger charge is 2.29. The number of carbonyl (C=O) groups excluding carboxylic acids is 1. The Balaban J connectivity index is 1.44. The Bertz CT molecular complexity index is 907. The smallest absolute Gasteiger partial charge is 0.227 e. The van der Waals surface area contributed by atoms with E-state index in [2.05, 4.69) is 47.1 Å². The summed E-state index contributed by atoms with van der Waals surface area (Å²) < 4.78 is 2.35. The number of nitrogens with zero attached hydrogens (tertiary/aromatic N) is 2. The molecule has 0 aliphatic heterocycles. The van der Waals surface area contributed by atoms with Crippen LogP contribution in [-0.4, -0.2) is 15.5 Å². The maximum absolute atomic E-state index is 11.8. The van der Waals surface area contributed by atoms with E-state index >= 15 is 0 Å². The van der Waals surface area contributed by atoms with Gasteiger partial charge in [0.1, 0.15) is 5.82 Å². The van der Waals surface area contributed by atoms with Crippen LogP contribution in [0.5, 0.6) is 0 Å². The fourth-order valence-electron chi connectivity index (χ4n) is 3.39. The maximum atomic E-state index is 11.8. The van der Waals surface area contributed by atoms with Crippen LogP contribution in [0.25, 0.3) is 11.0 Å². The molecule has 3 aromatic rings. The van der Waals surface area contributed by atoms with E-state index in [1.165, 1.54) is 11.1 Å². The third kappa shape index (κ3) is 3.64. The average molecular weight is 347 g/mol. The van der Waals surface area contributed by atoms with E-state index in [-0.39, 0.29) is 11.8 Å². The number of fused-ring (bicyclic) bond motifs is 1. The van der Waals surface area contributed by atoms with Crippen molar-refractivity contribution >= 4 is 22.6 Å². The van der Waals surface area contributed by atoms with Crippen LogP contribution in [-0.2, 0) is 24.2 Å². The topological polar surface area (TPSA) is 46.9 Å². The highest BCUT2D eigenvalue weighted by molar-refractivity contribution is 5.94. The van der Waals surface area contributed by atoms with Crippen molar-refractivity contribution in [3.05, 3.63) is 59.9 Å². The first-order valence-electron chi connectivity index (χ1n) is 9.58. The molecule has 0 bridgehead atoms. The Kier molecular flexibility index (Phi) is 4.74. The standard InChI is InChI=1S/C22H25N3O/c1-2-15-25-20-6-4-3-5-19(20)24-21(25)14-9-16-7-12-18(13-8-16)23-22(26)17-10-11-17/h3-8,12-13,17H,2,9-11,14-15H2,1H3,(H,23,26). The summed E-state index contributed by atoms with van der Waals surface area (Å²) in [5, 5.41) is 2.99. The molecule has 1 fully saturated rings. The zero-order valence-electron chi connectivity index (χ0n) is 15.2. The Morgan fingerprint density at radius 1 is 1.12 bits per heavy atom. The lowest BCUT2D eigenvalue weighted by molar-refractivity contribution is -0.117. The van der Waals surface area contributed by atoms with Crippen LogP contribution >= 0.6 is 0 Å². The molecule has 0 radical (unpaired) electrons. The minimum atomic E-state index is 0.158. The molecular formula is C22H25N3O. The van der Waals surface area contributed by atoms with Crippen LogP contribution in [0, 0.1) is 5.92 Å². The molecule has 26 heavy (non-hydrogen) atoms. The van der Waals surface area contributed by atoms with Crippen molar-refractivity contribution < 1.29 is 4.79 Å². The third-order valence-corrected chi connectivity index (χ3v) is 4.99. The predicted octanol–water partition coefficient (Wildman–Crippen LogP) is 4.58. The average Bonchev–Trinajstić information content (AvgIpc) is 3.45. The Labute approximate surface area is 154 Å². The fraction of sp³-hybridized carbons (Fsp3) is 0.364. The van der Waals surface area contributed by atoms with Crippen molar-refractivity contribution in [3.8, 4) is 0 Å². The highest BCUT2D eigenvalue weighted by atomic mass is 16.2. The third-order valence-electron chi connectivity index (χ3n) is 4.99. The molecular weight excluding hydrogens is 322 g/mol. The van der Waals surface area contributed by atoms with Gasteiger partial charge in [-0.1, -0.05) is 31.2 Å². The molecule has 0 unspecified atom stereocenters. The number of imidazole rings is 1. The SMILES string of the molecule is CCCn1c(CCc2ccc(NC(=O)C3CC3)cc2)nc2ccccc21. The molecule has 1 aliphatic carbocycles. The van der Waals surface area contributed by atoms with Gasteiger partial charge in [0.15, 0.2) is 0 Å². The van der Waals surface area contributed by atoms with Gasteiger partial charge in [-0.3, -0.25) is 4.79 Å². The minimum absolute atomic E-state index is 0.158. The van der Waals surface area contributed by atoms with E-state index in [1.807, 2.05) is 18.2 Å². The summed E-state index contributed by atoms with van der Waals surface area (Å²) >= 11 is 0. The van der Waals surface area contributed by atoms with Gasteiger partial charge in [-0.15, -0.1) is 0 Å². The van der Waals surface area contributed by atoms with Gasteiger partial charge in [-0.05, 0) is 55.5 Å². The summed E-state index contributed by atoms with van der Waals surface area (Å²) in [6.07, 6.45) is 5.03. The molecule has 134 valence electrons. The van der Waals surface area contributed by atoms with Gasteiger partial charge in [0, 0.05) is 24.6 Å². The molecule has 1 aliphatic rings. The zero-order valence-corrected chi connectivity index (χ0v) is 15.2. The first kappa shape index (κ1) is 16.8. The van der Waals surface area contributed by atoms with Gasteiger partial charge in [0.25, 0.3) is 0 Å². The number of carbonyl (C=O) groups is 1. The Morgan fingerprint density at radius 3 is 2.62 bits per heavy atom. The van der Waals surface area contributed by atoms with Gasteiger partial charge in [0.05, 0.1) is 11.0 Å². The lowest BCUT2D eigenvalue weighted by Crippen LogP contribution is -2.13. The first-order valence-corrected chi connectivity index (χ1v) is 9.58. The fourth-order valence-corrected chi connectivity index (χ4v) is 3.39. The number of hydrogen-bond donors (Lipinski definition) is 1. The van der Waals surface area contributed by atoms with E-state index < -0.39 is 0 Å². The second kappa shape index (κ2) is 7.32. The number of anilines is 1. The number of para-hydroxylation sites is 2. The number of rotatable bonds is 7. The molecule has 1 saturated carbocycles. The van der Waals surface area contributed by atoms with Gasteiger partial charge in [-0.2, -0.15) is 0 Å². The molecule has 4 nitrogen and oxygen atoms in total. The Morgan fingerprint density at radius 2 is 1.88 bits per heavy atom. The van der Waals surface area contributed by atoms with E-state index in [0.29, 0.717) is 0 Å². The summed E-state index contributed by atoms with van der Waals surface area (Å²) in [5.74, 6) is 1.55. The van der Waals surface area contributed by atoms with Crippen LogP contribution in [0.1, 0.15) is 37.6 Å². The number of aromatic nitrogens is 2. The number of aryl methyl sites for hydroxylation is 3. The van der Waals surface area contributed by atoms with Gasteiger partial charge < -0.3 is 9.88 Å². The van der Waals surface area contributed by atoms with Crippen molar-refractivity contribution in [2.75, 3.05) is 5.32 Å². The quantitative estimate of drug-likeness (QED) is 0.680.